The van der Waals surface area contributed by atoms with E-state index in [1.54, 1.807) is 0 Å². The lowest BCUT2D eigenvalue weighted by Gasteiger charge is -2.30. The summed E-state index contributed by atoms with van der Waals surface area (Å²) in [6, 6.07) is 1.02. The number of rotatable bonds is 4. The highest BCUT2D eigenvalue weighted by Gasteiger charge is 2.25. The number of aromatic nitrogens is 1. The lowest BCUT2D eigenvalue weighted by molar-refractivity contribution is 0.269. The highest BCUT2D eigenvalue weighted by Crippen LogP contribution is 2.33. The van der Waals surface area contributed by atoms with Crippen LogP contribution in [0.15, 0.2) is 0 Å². The Morgan fingerprint density at radius 2 is 1.76 bits per heavy atom. The molecule has 2 nitrogen and oxygen atoms in total. The maximum Gasteiger partial charge on any atom is 0.0985 e. The summed E-state index contributed by atoms with van der Waals surface area (Å²) in [5, 5.41) is 5.10. The van der Waals surface area contributed by atoms with Crippen LogP contribution in [0.25, 0.3) is 0 Å². The summed E-state index contributed by atoms with van der Waals surface area (Å²) in [7, 11) is 0. The summed E-state index contributed by atoms with van der Waals surface area (Å²) in [6.45, 7) is 13.6. The Kier molecular flexibility index (Phi) is 5.48. The molecule has 1 aromatic rings. The molecule has 0 saturated heterocycles. The van der Waals surface area contributed by atoms with Gasteiger partial charge in [0.2, 0.25) is 0 Å². The molecule has 3 heteroatoms. The number of hydrogen-bond acceptors (Lipinski definition) is 3. The first-order valence-electron chi connectivity index (χ1n) is 8.53. The van der Waals surface area contributed by atoms with Gasteiger partial charge in [-0.2, -0.15) is 0 Å². The molecule has 0 aliphatic heterocycles. The molecule has 21 heavy (non-hydrogen) atoms. The van der Waals surface area contributed by atoms with Gasteiger partial charge in [-0.15, -0.1) is 11.3 Å². The fourth-order valence-electron chi connectivity index (χ4n) is 3.37. The SMILES string of the molecule is Cc1nc(C(C)(C)C)sc1C(C)N[C@@H](C)C1CCCCC1. The number of hydrogen-bond donors (Lipinski definition) is 1. The zero-order valence-corrected chi connectivity index (χ0v) is 15.4. The third-order valence-corrected chi connectivity index (χ3v) is 6.50. The van der Waals surface area contributed by atoms with Crippen molar-refractivity contribution < 1.29 is 0 Å². The van der Waals surface area contributed by atoms with Gasteiger partial charge in [0.15, 0.2) is 0 Å². The van der Waals surface area contributed by atoms with Crippen LogP contribution < -0.4 is 5.32 Å². The summed E-state index contributed by atoms with van der Waals surface area (Å²) in [5.41, 5.74) is 1.36. The predicted octanol–water partition coefficient (Wildman–Crippen LogP) is 5.37. The smallest absolute Gasteiger partial charge is 0.0985 e. The quantitative estimate of drug-likeness (QED) is 0.809. The van der Waals surface area contributed by atoms with Crippen LogP contribution in [0.4, 0.5) is 0 Å². The lowest BCUT2D eigenvalue weighted by atomic mass is 9.84. The fourth-order valence-corrected chi connectivity index (χ4v) is 4.51. The molecule has 0 aromatic carbocycles. The van der Waals surface area contributed by atoms with Crippen molar-refractivity contribution >= 4 is 11.3 Å². The monoisotopic (exact) mass is 308 g/mol. The van der Waals surface area contributed by atoms with Crippen molar-refractivity contribution in [3.63, 3.8) is 0 Å². The van der Waals surface area contributed by atoms with Crippen LogP contribution in [0.5, 0.6) is 0 Å². The van der Waals surface area contributed by atoms with Crippen LogP contribution in [0.1, 0.15) is 88.3 Å². The molecule has 0 bridgehead atoms. The molecule has 1 aliphatic rings. The van der Waals surface area contributed by atoms with E-state index in [0.717, 1.165) is 5.92 Å². The highest BCUT2D eigenvalue weighted by molar-refractivity contribution is 7.12. The average molecular weight is 309 g/mol. The molecule has 1 fully saturated rings. The van der Waals surface area contributed by atoms with Crippen LogP contribution in [0.2, 0.25) is 0 Å². The van der Waals surface area contributed by atoms with Crippen LogP contribution in [0.3, 0.4) is 0 Å². The maximum absolute atomic E-state index is 4.80. The minimum atomic E-state index is 0.155. The third kappa shape index (κ3) is 4.29. The summed E-state index contributed by atoms with van der Waals surface area (Å²) in [5.74, 6) is 0.858. The van der Waals surface area contributed by atoms with Gasteiger partial charge in [0, 0.05) is 22.4 Å². The molecular weight excluding hydrogens is 276 g/mol. The van der Waals surface area contributed by atoms with E-state index in [1.165, 1.54) is 47.7 Å². The van der Waals surface area contributed by atoms with Crippen molar-refractivity contribution in [2.45, 2.75) is 91.1 Å². The van der Waals surface area contributed by atoms with Crippen LogP contribution in [-0.2, 0) is 5.41 Å². The van der Waals surface area contributed by atoms with Crippen molar-refractivity contribution in [3.05, 3.63) is 15.6 Å². The molecule has 1 saturated carbocycles. The molecule has 1 N–H and O–H groups in total. The molecule has 1 heterocycles. The standard InChI is InChI=1S/C18H32N2S/c1-12(15-10-8-7-9-11-15)19-13(2)16-14(3)20-17(21-16)18(4,5)6/h12-13,15,19H,7-11H2,1-6H3/t12-,13?/m0/s1. The van der Waals surface area contributed by atoms with E-state index in [-0.39, 0.29) is 5.41 Å². The van der Waals surface area contributed by atoms with Crippen molar-refractivity contribution in [2.24, 2.45) is 5.92 Å². The largest absolute Gasteiger partial charge is 0.307 e. The maximum atomic E-state index is 4.80. The molecule has 1 aliphatic carbocycles. The van der Waals surface area contributed by atoms with Gasteiger partial charge in [-0.05, 0) is 39.5 Å². The Morgan fingerprint density at radius 1 is 1.14 bits per heavy atom. The average Bonchev–Trinajstić information content (AvgIpc) is 2.82. The second kappa shape index (κ2) is 6.78. The highest BCUT2D eigenvalue weighted by atomic mass is 32.1. The fraction of sp³-hybridized carbons (Fsp3) is 0.833. The van der Waals surface area contributed by atoms with Gasteiger partial charge in [-0.25, -0.2) is 4.98 Å². The number of aryl methyl sites for hydroxylation is 1. The van der Waals surface area contributed by atoms with Crippen LogP contribution in [0, 0.1) is 12.8 Å². The Bertz CT molecular complexity index is 452. The zero-order valence-electron chi connectivity index (χ0n) is 14.6. The first-order valence-corrected chi connectivity index (χ1v) is 9.34. The minimum Gasteiger partial charge on any atom is -0.307 e. The first kappa shape index (κ1) is 17.0. The Balaban J connectivity index is 2.02. The molecule has 2 rings (SSSR count). The number of thiazole rings is 1. The summed E-state index contributed by atoms with van der Waals surface area (Å²) < 4.78 is 0. The third-order valence-electron chi connectivity index (χ3n) is 4.74. The van der Waals surface area contributed by atoms with E-state index in [9.17, 15) is 0 Å². The molecule has 2 atom stereocenters. The van der Waals surface area contributed by atoms with Crippen LogP contribution in [-0.4, -0.2) is 11.0 Å². The van der Waals surface area contributed by atoms with Gasteiger partial charge < -0.3 is 5.32 Å². The predicted molar refractivity (Wildman–Crippen MR) is 93.1 cm³/mol. The lowest BCUT2D eigenvalue weighted by Crippen LogP contribution is -2.36. The van der Waals surface area contributed by atoms with Gasteiger partial charge in [0.25, 0.3) is 0 Å². The zero-order chi connectivity index (χ0) is 15.6. The molecule has 0 spiro atoms. The van der Waals surface area contributed by atoms with Crippen molar-refractivity contribution in [1.29, 1.82) is 0 Å². The summed E-state index contributed by atoms with van der Waals surface area (Å²) in [6.07, 6.45) is 7.06. The summed E-state index contributed by atoms with van der Waals surface area (Å²) in [4.78, 5) is 6.22. The van der Waals surface area contributed by atoms with E-state index in [4.69, 9.17) is 4.98 Å². The molecule has 0 radical (unpaired) electrons. The molecule has 1 unspecified atom stereocenters. The molecule has 120 valence electrons. The Hall–Kier alpha value is -0.410. The van der Waals surface area contributed by atoms with Crippen molar-refractivity contribution in [1.82, 2.24) is 10.3 Å². The summed E-state index contributed by atoms with van der Waals surface area (Å²) >= 11 is 1.89. The number of nitrogens with one attached hydrogen (secondary N) is 1. The van der Waals surface area contributed by atoms with E-state index in [2.05, 4.69) is 46.9 Å². The van der Waals surface area contributed by atoms with Gasteiger partial charge in [-0.1, -0.05) is 40.0 Å². The normalized spacial score (nSPS) is 20.5. The molecular formula is C18H32N2S. The van der Waals surface area contributed by atoms with Crippen molar-refractivity contribution in [3.8, 4) is 0 Å². The van der Waals surface area contributed by atoms with Crippen molar-refractivity contribution in [2.75, 3.05) is 0 Å². The van der Waals surface area contributed by atoms with E-state index < -0.39 is 0 Å². The number of nitrogens with zero attached hydrogens (tertiary/aromatic N) is 1. The van der Waals surface area contributed by atoms with Gasteiger partial charge in [0.1, 0.15) is 0 Å². The Labute approximate surface area is 134 Å². The molecule has 0 amide bonds. The van der Waals surface area contributed by atoms with Gasteiger partial charge in [0.05, 0.1) is 10.7 Å². The Morgan fingerprint density at radius 3 is 2.29 bits per heavy atom. The second-order valence-electron chi connectivity index (χ2n) is 7.79. The van der Waals surface area contributed by atoms with E-state index >= 15 is 0 Å². The van der Waals surface area contributed by atoms with Crippen LogP contribution >= 0.6 is 11.3 Å². The first-order chi connectivity index (χ1) is 9.79. The van der Waals surface area contributed by atoms with Gasteiger partial charge in [-0.3, -0.25) is 0 Å². The van der Waals surface area contributed by atoms with E-state index in [1.807, 2.05) is 11.3 Å². The second-order valence-corrected chi connectivity index (χ2v) is 8.82. The molecule has 1 aromatic heterocycles. The minimum absolute atomic E-state index is 0.155. The van der Waals surface area contributed by atoms with Gasteiger partial charge >= 0.3 is 0 Å². The topological polar surface area (TPSA) is 24.9 Å². The van der Waals surface area contributed by atoms with E-state index in [0.29, 0.717) is 12.1 Å².